The summed E-state index contributed by atoms with van der Waals surface area (Å²) in [5.74, 6) is -0.509. The molecule has 0 aliphatic heterocycles. The number of hydrogen-bond donors (Lipinski definition) is 1. The molecule has 1 amide bonds. The molecule has 0 aliphatic rings. The summed E-state index contributed by atoms with van der Waals surface area (Å²) in [7, 11) is 0. The van der Waals surface area contributed by atoms with E-state index in [1.165, 1.54) is 0 Å². The summed E-state index contributed by atoms with van der Waals surface area (Å²) in [6, 6.07) is -0.347. The molecule has 3 nitrogen and oxygen atoms in total. The maximum Gasteiger partial charge on any atom is 0.406 e. The van der Waals surface area contributed by atoms with Crippen LogP contribution in [0.15, 0.2) is 0 Å². The molecule has 17 heavy (non-hydrogen) atoms. The van der Waals surface area contributed by atoms with E-state index in [1.807, 2.05) is 6.92 Å². The van der Waals surface area contributed by atoms with Gasteiger partial charge in [-0.1, -0.05) is 20.3 Å². The molecular formula is C11H21F3N2O. The first-order chi connectivity index (χ1) is 7.80. The molecule has 0 saturated heterocycles. The highest BCUT2D eigenvalue weighted by atomic mass is 19.4. The van der Waals surface area contributed by atoms with Gasteiger partial charge in [-0.05, 0) is 12.8 Å². The molecule has 0 rings (SSSR count). The first-order valence-corrected chi connectivity index (χ1v) is 5.90. The highest BCUT2D eigenvalue weighted by molar-refractivity contribution is 5.76. The van der Waals surface area contributed by atoms with Crippen LogP contribution < -0.4 is 5.73 Å². The van der Waals surface area contributed by atoms with Crippen molar-refractivity contribution in [3.63, 3.8) is 0 Å². The van der Waals surface area contributed by atoms with Gasteiger partial charge in [0.05, 0.1) is 0 Å². The fourth-order valence-corrected chi connectivity index (χ4v) is 1.60. The van der Waals surface area contributed by atoms with Gasteiger partial charge in [0.15, 0.2) is 0 Å². The van der Waals surface area contributed by atoms with E-state index in [0.717, 1.165) is 11.3 Å². The van der Waals surface area contributed by atoms with Crippen LogP contribution in [-0.2, 0) is 4.79 Å². The lowest BCUT2D eigenvalue weighted by Crippen LogP contribution is -2.41. The molecule has 0 radical (unpaired) electrons. The second-order valence-electron chi connectivity index (χ2n) is 4.18. The van der Waals surface area contributed by atoms with Gasteiger partial charge < -0.3 is 10.6 Å². The van der Waals surface area contributed by atoms with E-state index < -0.39 is 18.6 Å². The number of nitrogens with two attached hydrogens (primary N) is 1. The molecular weight excluding hydrogens is 233 g/mol. The predicted molar refractivity (Wildman–Crippen MR) is 60.4 cm³/mol. The first kappa shape index (κ1) is 16.2. The molecule has 0 aromatic rings. The van der Waals surface area contributed by atoms with E-state index in [2.05, 4.69) is 0 Å². The van der Waals surface area contributed by atoms with Crippen LogP contribution in [0.1, 0.15) is 39.5 Å². The lowest BCUT2D eigenvalue weighted by atomic mass is 10.1. The molecule has 0 spiro atoms. The van der Waals surface area contributed by atoms with E-state index in [1.54, 1.807) is 6.92 Å². The lowest BCUT2D eigenvalue weighted by molar-refractivity contribution is -0.161. The summed E-state index contributed by atoms with van der Waals surface area (Å²) in [5.41, 5.74) is 5.65. The standard InChI is InChI=1S/C11H21F3N2O/c1-3-5-9(15)7-10(17)16(6-4-2)8-11(12,13)14/h9H,3-8,15H2,1-2H3. The average Bonchev–Trinajstić information content (AvgIpc) is 2.15. The van der Waals surface area contributed by atoms with Gasteiger partial charge in [-0.2, -0.15) is 13.2 Å². The molecule has 1 unspecified atom stereocenters. The Morgan fingerprint density at radius 3 is 2.29 bits per heavy atom. The van der Waals surface area contributed by atoms with Gasteiger partial charge in [-0.3, -0.25) is 4.79 Å². The van der Waals surface area contributed by atoms with E-state index in [-0.39, 0.29) is 19.0 Å². The second kappa shape index (κ2) is 7.53. The third kappa shape index (κ3) is 8.01. The van der Waals surface area contributed by atoms with Gasteiger partial charge in [0.1, 0.15) is 6.54 Å². The minimum absolute atomic E-state index is 0.0100. The number of alkyl halides is 3. The van der Waals surface area contributed by atoms with Crippen molar-refractivity contribution >= 4 is 5.91 Å². The van der Waals surface area contributed by atoms with Crippen LogP contribution in [0.25, 0.3) is 0 Å². The molecule has 2 N–H and O–H groups in total. The zero-order chi connectivity index (χ0) is 13.5. The summed E-state index contributed by atoms with van der Waals surface area (Å²) >= 11 is 0. The molecule has 0 aromatic carbocycles. The summed E-state index contributed by atoms with van der Waals surface area (Å²) in [6.07, 6.45) is -2.38. The third-order valence-electron chi connectivity index (χ3n) is 2.31. The molecule has 0 aromatic heterocycles. The minimum Gasteiger partial charge on any atom is -0.334 e. The van der Waals surface area contributed by atoms with E-state index in [9.17, 15) is 18.0 Å². The Morgan fingerprint density at radius 2 is 1.88 bits per heavy atom. The highest BCUT2D eigenvalue weighted by Crippen LogP contribution is 2.17. The molecule has 0 heterocycles. The Morgan fingerprint density at radius 1 is 1.29 bits per heavy atom. The summed E-state index contributed by atoms with van der Waals surface area (Å²) in [4.78, 5) is 12.5. The number of carbonyl (C=O) groups is 1. The van der Waals surface area contributed by atoms with Crippen molar-refractivity contribution in [3.05, 3.63) is 0 Å². The monoisotopic (exact) mass is 254 g/mol. The fourth-order valence-electron chi connectivity index (χ4n) is 1.60. The Hall–Kier alpha value is -0.780. The van der Waals surface area contributed by atoms with Gasteiger partial charge in [-0.25, -0.2) is 0 Å². The molecule has 0 bridgehead atoms. The normalized spacial score (nSPS) is 13.5. The van der Waals surface area contributed by atoms with Crippen molar-refractivity contribution in [3.8, 4) is 0 Å². The number of hydrogen-bond acceptors (Lipinski definition) is 2. The first-order valence-electron chi connectivity index (χ1n) is 5.90. The van der Waals surface area contributed by atoms with Crippen LogP contribution in [0, 0.1) is 0 Å². The molecule has 0 aliphatic carbocycles. The minimum atomic E-state index is -4.35. The maximum atomic E-state index is 12.2. The van der Waals surface area contributed by atoms with E-state index >= 15 is 0 Å². The Balaban J connectivity index is 4.33. The van der Waals surface area contributed by atoms with Crippen molar-refractivity contribution in [2.24, 2.45) is 5.73 Å². The van der Waals surface area contributed by atoms with Gasteiger partial charge in [-0.15, -0.1) is 0 Å². The second-order valence-corrected chi connectivity index (χ2v) is 4.18. The highest BCUT2D eigenvalue weighted by Gasteiger charge is 2.32. The third-order valence-corrected chi connectivity index (χ3v) is 2.31. The van der Waals surface area contributed by atoms with Crippen molar-refractivity contribution < 1.29 is 18.0 Å². The summed E-state index contributed by atoms with van der Waals surface area (Å²) in [6.45, 7) is 2.60. The maximum absolute atomic E-state index is 12.2. The Labute approximate surface area is 100 Å². The molecule has 1 atom stereocenters. The fraction of sp³-hybridized carbons (Fsp3) is 0.909. The van der Waals surface area contributed by atoms with Crippen molar-refractivity contribution in [1.82, 2.24) is 4.90 Å². The Kier molecular flexibility index (Phi) is 7.18. The van der Waals surface area contributed by atoms with Crippen molar-refractivity contribution in [1.29, 1.82) is 0 Å². The van der Waals surface area contributed by atoms with Crippen LogP contribution in [-0.4, -0.2) is 36.1 Å². The van der Waals surface area contributed by atoms with Crippen LogP contribution in [0.4, 0.5) is 13.2 Å². The van der Waals surface area contributed by atoms with Crippen molar-refractivity contribution in [2.45, 2.75) is 51.7 Å². The molecule has 6 heteroatoms. The quantitative estimate of drug-likeness (QED) is 0.757. The van der Waals surface area contributed by atoms with Crippen LogP contribution in [0.3, 0.4) is 0 Å². The molecule has 0 fully saturated rings. The summed E-state index contributed by atoms with van der Waals surface area (Å²) < 4.78 is 36.7. The molecule has 0 saturated carbocycles. The summed E-state index contributed by atoms with van der Waals surface area (Å²) in [5, 5.41) is 0. The SMILES string of the molecule is CCCC(N)CC(=O)N(CCC)CC(F)(F)F. The number of halogens is 3. The average molecular weight is 254 g/mol. The van der Waals surface area contributed by atoms with Crippen LogP contribution in [0.2, 0.25) is 0 Å². The largest absolute Gasteiger partial charge is 0.406 e. The topological polar surface area (TPSA) is 46.3 Å². The molecule has 102 valence electrons. The van der Waals surface area contributed by atoms with Crippen LogP contribution >= 0.6 is 0 Å². The van der Waals surface area contributed by atoms with Gasteiger partial charge in [0.25, 0.3) is 0 Å². The van der Waals surface area contributed by atoms with Crippen LogP contribution in [0.5, 0.6) is 0 Å². The van der Waals surface area contributed by atoms with E-state index in [0.29, 0.717) is 12.8 Å². The zero-order valence-corrected chi connectivity index (χ0v) is 10.4. The number of rotatable bonds is 7. The number of amides is 1. The zero-order valence-electron chi connectivity index (χ0n) is 10.4. The van der Waals surface area contributed by atoms with Crippen molar-refractivity contribution in [2.75, 3.05) is 13.1 Å². The predicted octanol–water partition coefficient (Wildman–Crippen LogP) is 2.30. The number of carbonyl (C=O) groups excluding carboxylic acids is 1. The number of nitrogens with zero attached hydrogens (tertiary/aromatic N) is 1. The van der Waals surface area contributed by atoms with Gasteiger partial charge in [0.2, 0.25) is 5.91 Å². The Bertz CT molecular complexity index is 231. The smallest absolute Gasteiger partial charge is 0.334 e. The van der Waals surface area contributed by atoms with Gasteiger partial charge >= 0.3 is 6.18 Å². The lowest BCUT2D eigenvalue weighted by Gasteiger charge is -2.24. The van der Waals surface area contributed by atoms with E-state index in [4.69, 9.17) is 5.73 Å². The van der Waals surface area contributed by atoms with Gasteiger partial charge in [0, 0.05) is 19.0 Å².